The van der Waals surface area contributed by atoms with Crippen molar-refractivity contribution in [2.75, 3.05) is 13.2 Å². The van der Waals surface area contributed by atoms with Gasteiger partial charge in [0.15, 0.2) is 11.5 Å². The van der Waals surface area contributed by atoms with Gasteiger partial charge in [0, 0.05) is 41.8 Å². The topological polar surface area (TPSA) is 101 Å². The fourth-order valence-corrected chi connectivity index (χ4v) is 4.04. The number of rotatable bonds is 5. The van der Waals surface area contributed by atoms with Crippen molar-refractivity contribution < 1.29 is 19.4 Å². The smallest absolute Gasteiger partial charge is 0.257 e. The number of carbonyl (C=O) groups is 1. The normalized spacial score (nSPS) is 14.8. The molecule has 1 aliphatic heterocycles. The summed E-state index contributed by atoms with van der Waals surface area (Å²) in [5.41, 5.74) is 3.86. The van der Waals surface area contributed by atoms with E-state index in [0.29, 0.717) is 30.3 Å². The van der Waals surface area contributed by atoms with Crippen molar-refractivity contribution in [2.24, 2.45) is 7.05 Å². The maximum absolute atomic E-state index is 13.2. The molecule has 3 heterocycles. The molecule has 0 aliphatic carbocycles. The Labute approximate surface area is 184 Å². The largest absolute Gasteiger partial charge is 0.486 e. The molecule has 0 saturated heterocycles. The number of aliphatic hydroxyl groups is 1. The molecule has 32 heavy (non-hydrogen) atoms. The van der Waals surface area contributed by atoms with E-state index in [-0.39, 0.29) is 5.92 Å². The lowest BCUT2D eigenvalue weighted by Crippen LogP contribution is -2.38. The van der Waals surface area contributed by atoms with Crippen LogP contribution in [-0.4, -0.2) is 45.2 Å². The molecule has 1 aliphatic rings. The summed E-state index contributed by atoms with van der Waals surface area (Å²) in [7, 11) is 1.83. The van der Waals surface area contributed by atoms with Crippen LogP contribution in [0.2, 0.25) is 0 Å². The van der Waals surface area contributed by atoms with Crippen molar-refractivity contribution in [3.8, 4) is 22.6 Å². The predicted octanol–water partition coefficient (Wildman–Crippen LogP) is 3.19. The second-order valence-electron chi connectivity index (χ2n) is 7.95. The summed E-state index contributed by atoms with van der Waals surface area (Å²) in [6.07, 6.45) is 4.36. The zero-order valence-corrected chi connectivity index (χ0v) is 17.8. The summed E-state index contributed by atoms with van der Waals surface area (Å²) in [5, 5.41) is 18.8. The number of nitrogens with zero attached hydrogens (tertiary/aromatic N) is 2. The molecule has 2 aromatic heterocycles. The lowest BCUT2D eigenvalue weighted by Gasteiger charge is -2.24. The summed E-state index contributed by atoms with van der Waals surface area (Å²) < 4.78 is 13.2. The van der Waals surface area contributed by atoms with Crippen molar-refractivity contribution >= 4 is 16.8 Å². The Morgan fingerprint density at radius 1 is 1.22 bits per heavy atom. The van der Waals surface area contributed by atoms with Gasteiger partial charge >= 0.3 is 0 Å². The first-order valence-corrected chi connectivity index (χ1v) is 10.5. The molecule has 1 amide bonds. The fraction of sp³-hybridized carbons (Fsp3) is 0.250. The van der Waals surface area contributed by atoms with E-state index >= 15 is 0 Å². The van der Waals surface area contributed by atoms with Crippen LogP contribution in [0.15, 0.2) is 55.0 Å². The number of ether oxygens (including phenoxy) is 2. The van der Waals surface area contributed by atoms with E-state index in [4.69, 9.17) is 9.47 Å². The van der Waals surface area contributed by atoms with Gasteiger partial charge in [-0.15, -0.1) is 0 Å². The molecule has 3 N–H and O–H groups in total. The number of fused-ring (bicyclic) bond motifs is 2. The molecule has 8 nitrogen and oxygen atoms in total. The highest BCUT2D eigenvalue weighted by Gasteiger charge is 2.27. The SMILES string of the molecule is CC(c1c[nH]c2ccccc12)[C@@H](O)NC(=O)c1cc(-c2cnn(C)c2)cc2c1OCCO2. The highest BCUT2D eigenvalue weighted by molar-refractivity contribution is 5.99. The van der Waals surface area contributed by atoms with Gasteiger partial charge in [0.25, 0.3) is 5.91 Å². The van der Waals surface area contributed by atoms with Crippen molar-refractivity contribution in [3.05, 3.63) is 66.1 Å². The van der Waals surface area contributed by atoms with E-state index in [1.165, 1.54) is 0 Å². The summed E-state index contributed by atoms with van der Waals surface area (Å²) in [6, 6.07) is 11.4. The van der Waals surface area contributed by atoms with E-state index < -0.39 is 12.1 Å². The van der Waals surface area contributed by atoms with Gasteiger partial charge in [0.1, 0.15) is 19.4 Å². The maximum atomic E-state index is 13.2. The number of aliphatic hydroxyl groups excluding tert-OH is 1. The molecule has 2 atom stereocenters. The molecule has 0 fully saturated rings. The molecule has 2 aromatic carbocycles. The quantitative estimate of drug-likeness (QED) is 0.421. The summed E-state index contributed by atoms with van der Waals surface area (Å²) in [5.74, 6) is 0.122. The standard InChI is InChI=1S/C24H24N4O4/c1-14(19-12-25-20-6-4-3-5-17(19)20)23(29)27-24(30)18-9-15(16-11-26-28(2)13-16)10-21-22(18)32-8-7-31-21/h3-6,9-14,23,25,29H,7-8H2,1-2H3,(H,27,30)/t14?,23-/m1/s1. The third-order valence-electron chi connectivity index (χ3n) is 5.79. The van der Waals surface area contributed by atoms with E-state index in [2.05, 4.69) is 15.4 Å². The van der Waals surface area contributed by atoms with Crippen molar-refractivity contribution in [2.45, 2.75) is 19.1 Å². The molecule has 0 saturated carbocycles. The van der Waals surface area contributed by atoms with Crippen molar-refractivity contribution in [1.82, 2.24) is 20.1 Å². The monoisotopic (exact) mass is 432 g/mol. The highest BCUT2D eigenvalue weighted by Crippen LogP contribution is 2.38. The average molecular weight is 432 g/mol. The lowest BCUT2D eigenvalue weighted by molar-refractivity contribution is 0.0720. The number of hydrogen-bond donors (Lipinski definition) is 3. The van der Waals surface area contributed by atoms with Crippen LogP contribution >= 0.6 is 0 Å². The summed E-state index contributed by atoms with van der Waals surface area (Å²) in [6.45, 7) is 2.64. The van der Waals surface area contributed by atoms with Crippen LogP contribution in [0, 0.1) is 0 Å². The molecule has 0 bridgehead atoms. The number of hydrogen-bond acceptors (Lipinski definition) is 5. The molecule has 4 aromatic rings. The van der Waals surface area contributed by atoms with Crippen LogP contribution < -0.4 is 14.8 Å². The first-order valence-electron chi connectivity index (χ1n) is 10.5. The minimum Gasteiger partial charge on any atom is -0.486 e. The van der Waals surface area contributed by atoms with E-state index in [1.807, 2.05) is 56.7 Å². The predicted molar refractivity (Wildman–Crippen MR) is 120 cm³/mol. The molecule has 0 radical (unpaired) electrons. The number of aromatic nitrogens is 3. The lowest BCUT2D eigenvalue weighted by atomic mass is 9.98. The van der Waals surface area contributed by atoms with Gasteiger partial charge in [-0.3, -0.25) is 9.48 Å². The zero-order chi connectivity index (χ0) is 22.2. The Balaban J connectivity index is 1.44. The number of aryl methyl sites for hydroxylation is 1. The zero-order valence-electron chi connectivity index (χ0n) is 17.8. The Morgan fingerprint density at radius 3 is 2.84 bits per heavy atom. The summed E-state index contributed by atoms with van der Waals surface area (Å²) in [4.78, 5) is 16.4. The highest BCUT2D eigenvalue weighted by atomic mass is 16.6. The van der Waals surface area contributed by atoms with E-state index in [9.17, 15) is 9.90 Å². The van der Waals surface area contributed by atoms with Gasteiger partial charge in [0.2, 0.25) is 0 Å². The Kier molecular flexibility index (Phi) is 5.07. The Bertz CT molecular complexity index is 1290. The first kappa shape index (κ1) is 20.1. The van der Waals surface area contributed by atoms with Gasteiger partial charge in [0.05, 0.1) is 11.8 Å². The third kappa shape index (κ3) is 3.58. The molecular formula is C24H24N4O4. The molecular weight excluding hydrogens is 408 g/mol. The minimum atomic E-state index is -1.09. The number of H-pyrrole nitrogens is 1. The number of para-hydroxylation sites is 1. The first-order chi connectivity index (χ1) is 15.5. The number of aromatic amines is 1. The van der Waals surface area contributed by atoms with Crippen LogP contribution in [0.4, 0.5) is 0 Å². The van der Waals surface area contributed by atoms with Crippen LogP contribution in [0.1, 0.15) is 28.8 Å². The third-order valence-corrected chi connectivity index (χ3v) is 5.79. The van der Waals surface area contributed by atoms with Crippen LogP contribution in [0.3, 0.4) is 0 Å². The molecule has 8 heteroatoms. The van der Waals surface area contributed by atoms with Crippen molar-refractivity contribution in [3.63, 3.8) is 0 Å². The van der Waals surface area contributed by atoms with Crippen LogP contribution in [0.25, 0.3) is 22.0 Å². The number of carbonyl (C=O) groups excluding carboxylic acids is 1. The average Bonchev–Trinajstić information content (AvgIpc) is 3.44. The van der Waals surface area contributed by atoms with Gasteiger partial charge in [-0.1, -0.05) is 25.1 Å². The Morgan fingerprint density at radius 2 is 2.03 bits per heavy atom. The van der Waals surface area contributed by atoms with Crippen LogP contribution in [-0.2, 0) is 7.05 Å². The van der Waals surface area contributed by atoms with Gasteiger partial charge in [-0.05, 0) is 29.3 Å². The molecule has 1 unspecified atom stereocenters. The van der Waals surface area contributed by atoms with E-state index in [1.54, 1.807) is 16.9 Å². The second kappa shape index (κ2) is 8.05. The van der Waals surface area contributed by atoms with Gasteiger partial charge < -0.3 is 24.9 Å². The maximum Gasteiger partial charge on any atom is 0.257 e. The second-order valence-corrected chi connectivity index (χ2v) is 7.95. The van der Waals surface area contributed by atoms with Crippen molar-refractivity contribution in [1.29, 1.82) is 0 Å². The molecule has 5 rings (SSSR count). The van der Waals surface area contributed by atoms with E-state index in [0.717, 1.165) is 27.6 Å². The summed E-state index contributed by atoms with van der Waals surface area (Å²) >= 11 is 0. The molecule has 0 spiro atoms. The molecule has 164 valence electrons. The van der Waals surface area contributed by atoms with Crippen LogP contribution in [0.5, 0.6) is 11.5 Å². The fourth-order valence-electron chi connectivity index (χ4n) is 4.04. The number of amides is 1. The van der Waals surface area contributed by atoms with Gasteiger partial charge in [-0.2, -0.15) is 5.10 Å². The minimum absolute atomic E-state index is 0.311. The van der Waals surface area contributed by atoms with Gasteiger partial charge in [-0.25, -0.2) is 0 Å². The number of benzene rings is 2. The number of nitrogens with one attached hydrogen (secondary N) is 2. The Hall–Kier alpha value is -3.78.